The molecule has 0 bridgehead atoms. The van der Waals surface area contributed by atoms with Gasteiger partial charge in [-0.2, -0.15) is 5.26 Å². The molecule has 0 N–H and O–H groups in total. The molecule has 1 saturated carbocycles. The molecule has 0 aliphatic heterocycles. The summed E-state index contributed by atoms with van der Waals surface area (Å²) in [6.45, 7) is 6.12. The number of halogens is 1. The maximum absolute atomic E-state index is 13.9. The van der Waals surface area contributed by atoms with Gasteiger partial charge in [-0.05, 0) is 43.9 Å². The Hall–Kier alpha value is -1.40. The first-order valence-electron chi connectivity index (χ1n) is 7.02. The van der Waals surface area contributed by atoms with Crippen molar-refractivity contribution in [1.29, 1.82) is 5.26 Å². The highest BCUT2D eigenvalue weighted by molar-refractivity contribution is 5.32. The third-order valence-electron chi connectivity index (χ3n) is 3.61. The van der Waals surface area contributed by atoms with E-state index in [9.17, 15) is 4.39 Å². The van der Waals surface area contributed by atoms with Gasteiger partial charge in [-0.25, -0.2) is 4.39 Å². The fraction of sp³-hybridized carbons (Fsp3) is 0.562. The molecule has 1 aromatic rings. The Morgan fingerprint density at radius 2 is 2.16 bits per heavy atom. The third kappa shape index (κ3) is 4.04. The number of nitriles is 1. The summed E-state index contributed by atoms with van der Waals surface area (Å²) in [5.74, 6) is 0.418. The molecule has 1 aromatic carbocycles. The summed E-state index contributed by atoms with van der Waals surface area (Å²) >= 11 is 0. The minimum absolute atomic E-state index is 0.255. The lowest BCUT2D eigenvalue weighted by atomic mass is 10.1. The van der Waals surface area contributed by atoms with Crippen LogP contribution in [0.15, 0.2) is 18.2 Å². The van der Waals surface area contributed by atoms with Gasteiger partial charge in [0.1, 0.15) is 5.82 Å². The fourth-order valence-electron chi connectivity index (χ4n) is 2.22. The van der Waals surface area contributed by atoms with E-state index in [1.54, 1.807) is 12.1 Å². The van der Waals surface area contributed by atoms with Crippen molar-refractivity contribution in [2.24, 2.45) is 5.92 Å². The molecule has 0 amide bonds. The molecule has 102 valence electrons. The standard InChI is InChI=1S/C16H21FN2/c1-12(2)7-8-19(15-5-6-15)11-14-4-3-13(10-18)9-16(14)17/h3-4,9,12,15H,5-8,11H2,1-2H3. The van der Waals surface area contributed by atoms with Gasteiger partial charge in [-0.15, -0.1) is 0 Å². The second kappa shape index (κ2) is 6.16. The number of nitrogens with zero attached hydrogens (tertiary/aromatic N) is 2. The van der Waals surface area contributed by atoms with Crippen molar-refractivity contribution in [2.75, 3.05) is 6.54 Å². The number of hydrogen-bond acceptors (Lipinski definition) is 2. The first-order chi connectivity index (χ1) is 9.10. The first kappa shape index (κ1) is 14.0. The fourth-order valence-corrected chi connectivity index (χ4v) is 2.22. The molecule has 0 saturated heterocycles. The minimum Gasteiger partial charge on any atom is -0.296 e. The van der Waals surface area contributed by atoms with Gasteiger partial charge in [0.25, 0.3) is 0 Å². The van der Waals surface area contributed by atoms with E-state index >= 15 is 0 Å². The molecule has 2 nitrogen and oxygen atoms in total. The minimum atomic E-state index is -0.255. The molecule has 3 heteroatoms. The van der Waals surface area contributed by atoms with Gasteiger partial charge in [0.2, 0.25) is 0 Å². The van der Waals surface area contributed by atoms with Crippen LogP contribution in [0.2, 0.25) is 0 Å². The molecule has 1 fully saturated rings. The molecule has 0 atom stereocenters. The molecule has 0 radical (unpaired) electrons. The first-order valence-corrected chi connectivity index (χ1v) is 7.02. The number of benzene rings is 1. The second-order valence-electron chi connectivity index (χ2n) is 5.80. The van der Waals surface area contributed by atoms with Gasteiger partial charge in [-0.1, -0.05) is 19.9 Å². The zero-order valence-corrected chi connectivity index (χ0v) is 11.7. The summed E-state index contributed by atoms with van der Waals surface area (Å²) in [4.78, 5) is 2.38. The van der Waals surface area contributed by atoms with Crippen molar-refractivity contribution in [3.05, 3.63) is 35.1 Å². The van der Waals surface area contributed by atoms with Crippen molar-refractivity contribution >= 4 is 0 Å². The van der Waals surface area contributed by atoms with Crippen molar-refractivity contribution < 1.29 is 4.39 Å². The zero-order chi connectivity index (χ0) is 13.8. The van der Waals surface area contributed by atoms with Gasteiger partial charge >= 0.3 is 0 Å². The molecule has 0 aromatic heterocycles. The molecule has 1 aliphatic carbocycles. The van der Waals surface area contributed by atoms with Gasteiger partial charge < -0.3 is 0 Å². The highest BCUT2D eigenvalue weighted by atomic mass is 19.1. The van der Waals surface area contributed by atoms with E-state index in [-0.39, 0.29) is 5.82 Å². The van der Waals surface area contributed by atoms with Gasteiger partial charge in [0.15, 0.2) is 0 Å². The topological polar surface area (TPSA) is 27.0 Å². The van der Waals surface area contributed by atoms with Gasteiger partial charge in [-0.3, -0.25) is 4.90 Å². The molecule has 0 heterocycles. The third-order valence-corrected chi connectivity index (χ3v) is 3.61. The Morgan fingerprint density at radius 1 is 1.42 bits per heavy atom. The van der Waals surface area contributed by atoms with E-state index in [1.165, 1.54) is 18.9 Å². The predicted molar refractivity (Wildman–Crippen MR) is 74.0 cm³/mol. The van der Waals surface area contributed by atoms with E-state index in [0.29, 0.717) is 29.6 Å². The van der Waals surface area contributed by atoms with Crippen LogP contribution in [0.3, 0.4) is 0 Å². The Kier molecular flexibility index (Phi) is 4.55. The largest absolute Gasteiger partial charge is 0.296 e. The Balaban J connectivity index is 2.02. The van der Waals surface area contributed by atoms with Crippen LogP contribution in [-0.4, -0.2) is 17.5 Å². The molecule has 0 spiro atoms. The van der Waals surface area contributed by atoms with E-state index in [1.807, 2.05) is 6.07 Å². The van der Waals surface area contributed by atoms with Crippen LogP contribution < -0.4 is 0 Å². The van der Waals surface area contributed by atoms with Crippen LogP contribution in [0, 0.1) is 23.1 Å². The number of rotatable bonds is 6. The molecule has 1 aliphatic rings. The SMILES string of the molecule is CC(C)CCN(Cc1ccc(C#N)cc1F)C1CC1. The second-order valence-corrected chi connectivity index (χ2v) is 5.80. The average Bonchev–Trinajstić information content (AvgIpc) is 3.20. The van der Waals surface area contributed by atoms with Crippen LogP contribution in [0.5, 0.6) is 0 Å². The lowest BCUT2D eigenvalue weighted by Crippen LogP contribution is -2.28. The summed E-state index contributed by atoms with van der Waals surface area (Å²) < 4.78 is 13.9. The monoisotopic (exact) mass is 260 g/mol. The maximum atomic E-state index is 13.9. The van der Waals surface area contributed by atoms with Crippen LogP contribution in [0.4, 0.5) is 4.39 Å². The van der Waals surface area contributed by atoms with Crippen LogP contribution in [0.1, 0.15) is 44.2 Å². The molecule has 2 rings (SSSR count). The predicted octanol–water partition coefficient (Wildman–Crippen LogP) is 3.71. The highest BCUT2D eigenvalue weighted by Gasteiger charge is 2.29. The van der Waals surface area contributed by atoms with Crippen LogP contribution in [-0.2, 0) is 6.54 Å². The van der Waals surface area contributed by atoms with Crippen LogP contribution >= 0.6 is 0 Å². The van der Waals surface area contributed by atoms with Gasteiger partial charge in [0, 0.05) is 18.2 Å². The summed E-state index contributed by atoms with van der Waals surface area (Å²) in [6.07, 6.45) is 3.61. The van der Waals surface area contributed by atoms with Crippen molar-refractivity contribution in [3.8, 4) is 6.07 Å². The Labute approximate surface area is 114 Å². The van der Waals surface area contributed by atoms with Crippen molar-refractivity contribution in [2.45, 2.75) is 45.7 Å². The Bertz CT molecular complexity index is 472. The summed E-state index contributed by atoms with van der Waals surface area (Å²) in [5, 5.41) is 8.75. The normalized spacial score (nSPS) is 14.9. The summed E-state index contributed by atoms with van der Waals surface area (Å²) in [6, 6.07) is 7.39. The average molecular weight is 260 g/mol. The quantitative estimate of drug-likeness (QED) is 0.779. The molecule has 0 unspecified atom stereocenters. The molecule has 19 heavy (non-hydrogen) atoms. The van der Waals surface area contributed by atoms with Crippen molar-refractivity contribution in [1.82, 2.24) is 4.90 Å². The lowest BCUT2D eigenvalue weighted by molar-refractivity contribution is 0.236. The van der Waals surface area contributed by atoms with E-state index in [0.717, 1.165) is 13.0 Å². The Morgan fingerprint density at radius 3 is 2.68 bits per heavy atom. The highest BCUT2D eigenvalue weighted by Crippen LogP contribution is 2.29. The number of hydrogen-bond donors (Lipinski definition) is 0. The maximum Gasteiger partial charge on any atom is 0.129 e. The summed E-state index contributed by atoms with van der Waals surface area (Å²) in [7, 11) is 0. The van der Waals surface area contributed by atoms with E-state index in [4.69, 9.17) is 5.26 Å². The van der Waals surface area contributed by atoms with Gasteiger partial charge in [0.05, 0.1) is 11.6 Å². The summed E-state index contributed by atoms with van der Waals surface area (Å²) in [5.41, 5.74) is 1.09. The molecular weight excluding hydrogens is 239 g/mol. The van der Waals surface area contributed by atoms with E-state index < -0.39 is 0 Å². The van der Waals surface area contributed by atoms with Crippen LogP contribution in [0.25, 0.3) is 0 Å². The zero-order valence-electron chi connectivity index (χ0n) is 11.7. The van der Waals surface area contributed by atoms with E-state index in [2.05, 4.69) is 18.7 Å². The van der Waals surface area contributed by atoms with Crippen molar-refractivity contribution in [3.63, 3.8) is 0 Å². The lowest BCUT2D eigenvalue weighted by Gasteiger charge is -2.23. The molecular formula is C16H21FN2. The smallest absolute Gasteiger partial charge is 0.129 e.